The highest BCUT2D eigenvalue weighted by atomic mass is 32.1. The summed E-state index contributed by atoms with van der Waals surface area (Å²) in [6.45, 7) is 2.89. The predicted molar refractivity (Wildman–Crippen MR) is 86.8 cm³/mol. The first-order valence-electron chi connectivity index (χ1n) is 7.63. The second kappa shape index (κ2) is 7.14. The molecular formula is C16H18N2O5S. The highest BCUT2D eigenvalue weighted by Crippen LogP contribution is 2.24. The summed E-state index contributed by atoms with van der Waals surface area (Å²) < 4.78 is 11.0. The van der Waals surface area contributed by atoms with Crippen LogP contribution in [-0.2, 0) is 20.7 Å². The number of carboxylic acids is 1. The van der Waals surface area contributed by atoms with Gasteiger partial charge in [0.15, 0.2) is 0 Å². The monoisotopic (exact) mass is 350 g/mol. The van der Waals surface area contributed by atoms with E-state index in [0.717, 1.165) is 5.56 Å². The van der Waals surface area contributed by atoms with Crippen molar-refractivity contribution in [2.45, 2.75) is 25.9 Å². The van der Waals surface area contributed by atoms with Crippen LogP contribution in [0.4, 0.5) is 0 Å². The van der Waals surface area contributed by atoms with Gasteiger partial charge in [-0.2, -0.15) is 11.3 Å². The third-order valence-corrected chi connectivity index (χ3v) is 4.56. The number of hydrogen-bond acceptors (Lipinski definition) is 6. The molecule has 3 heterocycles. The van der Waals surface area contributed by atoms with E-state index in [2.05, 4.69) is 4.98 Å². The summed E-state index contributed by atoms with van der Waals surface area (Å²) in [6, 6.07) is 1.92. The summed E-state index contributed by atoms with van der Waals surface area (Å²) in [6.07, 6.45) is -0.422. The van der Waals surface area contributed by atoms with Crippen molar-refractivity contribution in [2.75, 3.05) is 19.7 Å². The lowest BCUT2D eigenvalue weighted by molar-refractivity contribution is -0.147. The zero-order chi connectivity index (χ0) is 17.1. The lowest BCUT2D eigenvalue weighted by atomic mass is 10.2. The Kier molecular flexibility index (Phi) is 4.96. The lowest BCUT2D eigenvalue weighted by Crippen LogP contribution is -2.46. The van der Waals surface area contributed by atoms with Gasteiger partial charge in [-0.05, 0) is 18.4 Å². The first-order valence-corrected chi connectivity index (χ1v) is 8.57. The Hall–Kier alpha value is -2.19. The third-order valence-electron chi connectivity index (χ3n) is 3.87. The van der Waals surface area contributed by atoms with Gasteiger partial charge in [-0.3, -0.25) is 9.59 Å². The van der Waals surface area contributed by atoms with Crippen molar-refractivity contribution in [3.63, 3.8) is 0 Å². The van der Waals surface area contributed by atoms with E-state index >= 15 is 0 Å². The van der Waals surface area contributed by atoms with Crippen LogP contribution in [0.15, 0.2) is 21.2 Å². The van der Waals surface area contributed by atoms with E-state index in [0.29, 0.717) is 37.0 Å². The minimum Gasteiger partial charge on any atom is -0.481 e. The number of rotatable bonds is 5. The molecule has 1 unspecified atom stereocenters. The summed E-state index contributed by atoms with van der Waals surface area (Å²) in [5, 5.41) is 12.7. The number of aromatic nitrogens is 1. The normalized spacial score (nSPS) is 17.9. The van der Waals surface area contributed by atoms with Crippen molar-refractivity contribution in [3.05, 3.63) is 28.3 Å². The van der Waals surface area contributed by atoms with E-state index in [4.69, 9.17) is 14.3 Å². The van der Waals surface area contributed by atoms with Crippen LogP contribution in [0.5, 0.6) is 0 Å². The molecule has 1 amide bonds. The number of nitrogens with zero attached hydrogens (tertiary/aromatic N) is 2. The molecule has 8 heteroatoms. The van der Waals surface area contributed by atoms with Gasteiger partial charge in [-0.1, -0.05) is 0 Å². The van der Waals surface area contributed by atoms with Crippen molar-refractivity contribution in [1.29, 1.82) is 0 Å². The molecule has 0 radical (unpaired) electrons. The Balaban J connectivity index is 1.65. The number of carbonyl (C=O) groups excluding carboxylic acids is 1. The zero-order valence-electron chi connectivity index (χ0n) is 13.2. The standard InChI is InChI=1S/C16H18N2O5S/c1-10-13(17-16(23-10)11-2-5-24-9-11)7-14(19)18-3-4-22-12(8-18)6-15(20)21/h2,5,9,12H,3-4,6-8H2,1H3,(H,20,21). The third kappa shape index (κ3) is 3.82. The fraction of sp³-hybridized carbons (Fsp3) is 0.438. The van der Waals surface area contributed by atoms with Gasteiger partial charge in [0.1, 0.15) is 5.76 Å². The summed E-state index contributed by atoms with van der Waals surface area (Å²) in [4.78, 5) is 29.3. The fourth-order valence-electron chi connectivity index (χ4n) is 2.62. The summed E-state index contributed by atoms with van der Waals surface area (Å²) in [5.74, 6) is 0.117. The van der Waals surface area contributed by atoms with Gasteiger partial charge in [0.25, 0.3) is 0 Å². The van der Waals surface area contributed by atoms with E-state index in [1.807, 2.05) is 16.8 Å². The van der Waals surface area contributed by atoms with Crippen molar-refractivity contribution >= 4 is 23.2 Å². The molecule has 0 saturated carbocycles. The van der Waals surface area contributed by atoms with E-state index in [9.17, 15) is 9.59 Å². The van der Waals surface area contributed by atoms with Crippen LogP contribution in [0, 0.1) is 6.92 Å². The van der Waals surface area contributed by atoms with E-state index < -0.39 is 12.1 Å². The topological polar surface area (TPSA) is 92.9 Å². The minimum absolute atomic E-state index is 0.0954. The van der Waals surface area contributed by atoms with Crippen LogP contribution < -0.4 is 0 Å². The largest absolute Gasteiger partial charge is 0.481 e. The molecule has 1 saturated heterocycles. The number of thiophene rings is 1. The van der Waals surface area contributed by atoms with Crippen LogP contribution in [0.25, 0.3) is 11.5 Å². The molecule has 0 aliphatic carbocycles. The van der Waals surface area contributed by atoms with Crippen molar-refractivity contribution < 1.29 is 23.8 Å². The average Bonchev–Trinajstić information content (AvgIpc) is 3.17. The molecule has 24 heavy (non-hydrogen) atoms. The second-order valence-electron chi connectivity index (χ2n) is 5.64. The van der Waals surface area contributed by atoms with Gasteiger partial charge in [0.2, 0.25) is 11.8 Å². The maximum absolute atomic E-state index is 12.5. The number of oxazole rings is 1. The number of carbonyl (C=O) groups is 2. The van der Waals surface area contributed by atoms with E-state index in [1.54, 1.807) is 23.2 Å². The van der Waals surface area contributed by atoms with Gasteiger partial charge < -0.3 is 19.2 Å². The Labute approximate surface area is 142 Å². The quantitative estimate of drug-likeness (QED) is 0.886. The van der Waals surface area contributed by atoms with E-state index in [1.165, 1.54) is 0 Å². The highest BCUT2D eigenvalue weighted by molar-refractivity contribution is 7.08. The second-order valence-corrected chi connectivity index (χ2v) is 6.42. The minimum atomic E-state index is -0.929. The van der Waals surface area contributed by atoms with Gasteiger partial charge in [0, 0.05) is 24.0 Å². The Morgan fingerprint density at radius 1 is 1.50 bits per heavy atom. The summed E-state index contributed by atoms with van der Waals surface area (Å²) >= 11 is 1.55. The van der Waals surface area contributed by atoms with Gasteiger partial charge in [-0.25, -0.2) is 4.98 Å². The summed E-state index contributed by atoms with van der Waals surface area (Å²) in [5.41, 5.74) is 1.51. The van der Waals surface area contributed by atoms with Crippen LogP contribution in [-0.4, -0.2) is 52.7 Å². The Morgan fingerprint density at radius 3 is 3.04 bits per heavy atom. The molecule has 3 rings (SSSR count). The van der Waals surface area contributed by atoms with Crippen molar-refractivity contribution in [2.24, 2.45) is 0 Å². The van der Waals surface area contributed by atoms with Crippen LogP contribution in [0.3, 0.4) is 0 Å². The predicted octanol–water partition coefficient (Wildman–Crippen LogP) is 1.96. The molecule has 0 spiro atoms. The fourth-order valence-corrected chi connectivity index (χ4v) is 3.25. The lowest BCUT2D eigenvalue weighted by Gasteiger charge is -2.32. The number of amides is 1. The maximum atomic E-state index is 12.5. The molecule has 1 aliphatic rings. The smallest absolute Gasteiger partial charge is 0.306 e. The van der Waals surface area contributed by atoms with Crippen molar-refractivity contribution in [3.8, 4) is 11.5 Å². The molecule has 1 N–H and O–H groups in total. The number of ether oxygens (including phenoxy) is 1. The SMILES string of the molecule is Cc1oc(-c2ccsc2)nc1CC(=O)N1CCOC(CC(=O)O)C1. The number of carboxylic acid groups (broad SMARTS) is 1. The van der Waals surface area contributed by atoms with Gasteiger partial charge >= 0.3 is 5.97 Å². The number of hydrogen-bond donors (Lipinski definition) is 1. The number of aliphatic carboxylic acids is 1. The van der Waals surface area contributed by atoms with Crippen LogP contribution >= 0.6 is 11.3 Å². The first kappa shape index (κ1) is 16.7. The molecule has 1 fully saturated rings. The maximum Gasteiger partial charge on any atom is 0.306 e. The Morgan fingerprint density at radius 2 is 2.33 bits per heavy atom. The molecular weight excluding hydrogens is 332 g/mol. The zero-order valence-corrected chi connectivity index (χ0v) is 14.0. The average molecular weight is 350 g/mol. The first-order chi connectivity index (χ1) is 11.5. The highest BCUT2D eigenvalue weighted by Gasteiger charge is 2.27. The molecule has 7 nitrogen and oxygen atoms in total. The molecule has 0 bridgehead atoms. The van der Waals surface area contributed by atoms with Crippen molar-refractivity contribution in [1.82, 2.24) is 9.88 Å². The van der Waals surface area contributed by atoms with Crippen LogP contribution in [0.2, 0.25) is 0 Å². The molecule has 1 atom stereocenters. The molecule has 2 aromatic heterocycles. The van der Waals surface area contributed by atoms with Gasteiger partial charge in [0.05, 0.1) is 31.2 Å². The molecule has 2 aromatic rings. The van der Waals surface area contributed by atoms with Gasteiger partial charge in [-0.15, -0.1) is 0 Å². The number of aryl methyl sites for hydroxylation is 1. The summed E-state index contributed by atoms with van der Waals surface area (Å²) in [7, 11) is 0. The van der Waals surface area contributed by atoms with E-state index in [-0.39, 0.29) is 18.7 Å². The molecule has 128 valence electrons. The molecule has 1 aliphatic heterocycles. The Bertz CT molecular complexity index is 725. The number of morpholine rings is 1. The van der Waals surface area contributed by atoms with Crippen LogP contribution in [0.1, 0.15) is 17.9 Å². The molecule has 0 aromatic carbocycles.